The second kappa shape index (κ2) is 11.0. The fourth-order valence-electron chi connectivity index (χ4n) is 3.02. The molecule has 0 saturated heterocycles. The van der Waals surface area contributed by atoms with Gasteiger partial charge in [0.05, 0.1) is 20.6 Å². The molecule has 0 heterocycles. The number of nitrogens with zero attached hydrogens (tertiary/aromatic N) is 1. The molecule has 0 radical (unpaired) electrons. The maximum atomic E-state index is 11.3. The lowest BCUT2D eigenvalue weighted by atomic mass is 10.0. The van der Waals surface area contributed by atoms with Crippen LogP contribution in [0.4, 0.5) is 0 Å². The van der Waals surface area contributed by atoms with Crippen molar-refractivity contribution in [3.63, 3.8) is 0 Å². The van der Waals surface area contributed by atoms with Crippen LogP contribution in [-0.4, -0.2) is 47.0 Å². The lowest BCUT2D eigenvalue weighted by molar-refractivity contribution is -0.956. The largest absolute Gasteiger partial charge is 0.475 e. The van der Waals surface area contributed by atoms with E-state index in [9.17, 15) is 15.0 Å². The molecular formula is C18H38NO3+. The molecule has 0 aliphatic rings. The van der Waals surface area contributed by atoms with E-state index in [1.807, 2.05) is 14.1 Å². The summed E-state index contributed by atoms with van der Waals surface area (Å²) in [5, 5.41) is 19.6. The lowest BCUT2D eigenvalue weighted by Crippen LogP contribution is -2.64. The van der Waals surface area contributed by atoms with Crippen molar-refractivity contribution < 1.29 is 19.5 Å². The molecule has 0 spiro atoms. The van der Waals surface area contributed by atoms with Crippen molar-refractivity contribution >= 4 is 5.97 Å². The molecule has 0 fully saturated rings. The summed E-state index contributed by atoms with van der Waals surface area (Å²) in [5.41, 5.74) is -1.67. The Kier molecular flexibility index (Phi) is 10.7. The first-order valence-electron chi connectivity index (χ1n) is 9.10. The Balaban J connectivity index is 3.80. The van der Waals surface area contributed by atoms with Gasteiger partial charge in [-0.1, -0.05) is 65.2 Å². The number of carbonyl (C=O) groups is 1. The average molecular weight is 317 g/mol. The summed E-state index contributed by atoms with van der Waals surface area (Å²) in [6.45, 7) is 4.67. The zero-order chi connectivity index (χ0) is 17.1. The third-order valence-electron chi connectivity index (χ3n) is 4.91. The van der Waals surface area contributed by atoms with Crippen LogP contribution in [0.3, 0.4) is 0 Å². The van der Waals surface area contributed by atoms with Gasteiger partial charge in [0, 0.05) is 6.42 Å². The summed E-state index contributed by atoms with van der Waals surface area (Å²) in [5.74, 6) is -1.12. The van der Waals surface area contributed by atoms with Gasteiger partial charge in [-0.3, -0.25) is 4.48 Å². The molecule has 0 aliphatic carbocycles. The van der Waals surface area contributed by atoms with E-state index in [1.54, 1.807) is 6.92 Å². The van der Waals surface area contributed by atoms with Crippen LogP contribution in [-0.2, 0) is 4.79 Å². The first kappa shape index (κ1) is 21.4. The van der Waals surface area contributed by atoms with E-state index >= 15 is 0 Å². The summed E-state index contributed by atoms with van der Waals surface area (Å²) in [4.78, 5) is 11.3. The Labute approximate surface area is 137 Å². The van der Waals surface area contributed by atoms with E-state index in [-0.39, 0.29) is 10.9 Å². The van der Waals surface area contributed by atoms with Crippen LogP contribution in [0, 0.1) is 0 Å². The zero-order valence-electron chi connectivity index (χ0n) is 15.2. The van der Waals surface area contributed by atoms with Crippen LogP contribution < -0.4 is 0 Å². The highest BCUT2D eigenvalue weighted by Gasteiger charge is 2.49. The minimum absolute atomic E-state index is 0.135. The summed E-state index contributed by atoms with van der Waals surface area (Å²) >= 11 is 0. The number of aliphatic carboxylic acids is 1. The molecule has 0 saturated carbocycles. The molecule has 0 amide bonds. The molecule has 2 N–H and O–H groups in total. The van der Waals surface area contributed by atoms with Crippen LogP contribution in [0.5, 0.6) is 0 Å². The predicted molar refractivity (Wildman–Crippen MR) is 91.7 cm³/mol. The van der Waals surface area contributed by atoms with Gasteiger partial charge in [0.1, 0.15) is 0 Å². The van der Waals surface area contributed by atoms with Crippen LogP contribution in [0.2, 0.25) is 0 Å². The van der Waals surface area contributed by atoms with Gasteiger partial charge in [0.15, 0.2) is 0 Å². The molecule has 132 valence electrons. The van der Waals surface area contributed by atoms with Crippen LogP contribution in [0.15, 0.2) is 0 Å². The fourth-order valence-corrected chi connectivity index (χ4v) is 3.02. The Morgan fingerprint density at radius 1 is 0.864 bits per heavy atom. The maximum absolute atomic E-state index is 11.3. The topological polar surface area (TPSA) is 57.5 Å². The van der Waals surface area contributed by atoms with Crippen molar-refractivity contribution in [1.82, 2.24) is 0 Å². The Morgan fingerprint density at radius 3 is 1.64 bits per heavy atom. The van der Waals surface area contributed by atoms with Crippen molar-refractivity contribution in [2.75, 3.05) is 20.6 Å². The Bertz CT molecular complexity index is 305. The second-order valence-electron chi connectivity index (χ2n) is 7.07. The predicted octanol–water partition coefficient (Wildman–Crippen LogP) is 4.17. The molecule has 0 aliphatic heterocycles. The van der Waals surface area contributed by atoms with Crippen molar-refractivity contribution in [2.24, 2.45) is 0 Å². The van der Waals surface area contributed by atoms with E-state index in [4.69, 9.17) is 0 Å². The molecule has 0 aromatic rings. The summed E-state index contributed by atoms with van der Waals surface area (Å²) in [6.07, 6.45) is 12.9. The number of rotatable bonds is 14. The fraction of sp³-hybridized carbons (Fsp3) is 0.944. The van der Waals surface area contributed by atoms with Crippen molar-refractivity contribution in [1.29, 1.82) is 0 Å². The molecule has 0 rings (SSSR count). The molecule has 22 heavy (non-hydrogen) atoms. The number of hydrogen-bond acceptors (Lipinski definition) is 2. The number of unbranched alkanes of at least 4 members (excludes halogenated alkanes) is 9. The molecule has 1 atom stereocenters. The Hall–Kier alpha value is -0.610. The smallest absolute Gasteiger partial charge is 0.395 e. The lowest BCUT2D eigenvalue weighted by Gasteiger charge is -2.41. The minimum Gasteiger partial charge on any atom is -0.475 e. The quantitative estimate of drug-likeness (QED) is 0.287. The summed E-state index contributed by atoms with van der Waals surface area (Å²) < 4.78 is 0.135. The van der Waals surface area contributed by atoms with Gasteiger partial charge >= 0.3 is 5.97 Å². The Morgan fingerprint density at radius 2 is 1.27 bits per heavy atom. The SMILES string of the molecule is CCCCCCCCCCCC[N+](C)(C)[C@](O)(CC)C(=O)O. The van der Waals surface area contributed by atoms with Gasteiger partial charge in [0.2, 0.25) is 0 Å². The first-order valence-corrected chi connectivity index (χ1v) is 9.10. The van der Waals surface area contributed by atoms with Crippen LogP contribution >= 0.6 is 0 Å². The number of carboxylic acid groups (broad SMARTS) is 1. The van der Waals surface area contributed by atoms with Gasteiger partial charge in [-0.15, -0.1) is 0 Å². The molecule has 0 bridgehead atoms. The average Bonchev–Trinajstić information content (AvgIpc) is 2.47. The number of hydrogen-bond donors (Lipinski definition) is 2. The number of carboxylic acids is 1. The summed E-state index contributed by atoms with van der Waals surface area (Å²) in [7, 11) is 3.62. The third kappa shape index (κ3) is 7.10. The zero-order valence-corrected chi connectivity index (χ0v) is 15.2. The molecule has 4 nitrogen and oxygen atoms in total. The van der Waals surface area contributed by atoms with Gasteiger partial charge in [-0.05, 0) is 12.8 Å². The van der Waals surface area contributed by atoms with Gasteiger partial charge in [-0.2, -0.15) is 0 Å². The first-order chi connectivity index (χ1) is 10.3. The molecule has 0 aromatic carbocycles. The van der Waals surface area contributed by atoms with Gasteiger partial charge < -0.3 is 10.2 Å². The summed E-state index contributed by atoms with van der Waals surface area (Å²) in [6, 6.07) is 0. The standard InChI is InChI=1S/C18H37NO3/c1-5-7-8-9-10-11-12-13-14-15-16-19(3,4)18(22,6-2)17(20)21/h22H,5-16H2,1-4H3/p+1/t18-/m0/s1. The molecule has 0 unspecified atom stereocenters. The van der Waals surface area contributed by atoms with E-state index < -0.39 is 11.7 Å². The van der Waals surface area contributed by atoms with Gasteiger partial charge in [-0.25, -0.2) is 4.79 Å². The van der Waals surface area contributed by atoms with E-state index in [0.717, 1.165) is 12.8 Å². The third-order valence-corrected chi connectivity index (χ3v) is 4.91. The second-order valence-corrected chi connectivity index (χ2v) is 7.07. The van der Waals surface area contributed by atoms with E-state index in [1.165, 1.54) is 51.4 Å². The van der Waals surface area contributed by atoms with Crippen LogP contribution in [0.1, 0.15) is 84.5 Å². The molecule has 4 heteroatoms. The number of quaternary nitrogens is 1. The number of likely N-dealkylation sites (N-methyl/N-ethyl adjacent to an activating group) is 1. The number of aliphatic hydroxyl groups is 1. The minimum atomic E-state index is -1.67. The maximum Gasteiger partial charge on any atom is 0.395 e. The highest BCUT2D eigenvalue weighted by Crippen LogP contribution is 2.23. The molecular weight excluding hydrogens is 278 g/mol. The van der Waals surface area contributed by atoms with Crippen molar-refractivity contribution in [3.05, 3.63) is 0 Å². The van der Waals surface area contributed by atoms with E-state index in [0.29, 0.717) is 6.54 Å². The van der Waals surface area contributed by atoms with Gasteiger partial charge in [0.25, 0.3) is 5.72 Å². The van der Waals surface area contributed by atoms with Crippen molar-refractivity contribution in [2.45, 2.75) is 90.2 Å². The van der Waals surface area contributed by atoms with E-state index in [2.05, 4.69) is 6.92 Å². The monoisotopic (exact) mass is 316 g/mol. The van der Waals surface area contributed by atoms with Crippen LogP contribution in [0.25, 0.3) is 0 Å². The highest BCUT2D eigenvalue weighted by atomic mass is 16.4. The molecule has 0 aromatic heterocycles. The van der Waals surface area contributed by atoms with Crippen molar-refractivity contribution in [3.8, 4) is 0 Å². The normalized spacial score (nSPS) is 14.8. The highest BCUT2D eigenvalue weighted by molar-refractivity contribution is 5.74.